The molecule has 2 N–H and O–H groups in total. The first kappa shape index (κ1) is 33.1. The van der Waals surface area contributed by atoms with Gasteiger partial charge in [0.05, 0.1) is 50.3 Å². The van der Waals surface area contributed by atoms with Gasteiger partial charge in [0.1, 0.15) is 17.7 Å². The van der Waals surface area contributed by atoms with E-state index in [-0.39, 0.29) is 30.9 Å². The lowest BCUT2D eigenvalue weighted by atomic mass is 9.70. The average molecular weight is 605 g/mol. The zero-order valence-electron chi connectivity index (χ0n) is 25.6. The second-order valence-electron chi connectivity index (χ2n) is 12.0. The third kappa shape index (κ3) is 6.82. The molecule has 4 rings (SSSR count). The molecule has 12 heteroatoms. The lowest BCUT2D eigenvalue weighted by molar-refractivity contribution is -0.160. The van der Waals surface area contributed by atoms with Gasteiger partial charge in [-0.3, -0.25) is 24.1 Å². The summed E-state index contributed by atoms with van der Waals surface area (Å²) in [5.41, 5.74) is -1.19. The van der Waals surface area contributed by atoms with Gasteiger partial charge in [-0.2, -0.15) is 0 Å². The number of esters is 1. The van der Waals surface area contributed by atoms with Crippen LogP contribution in [0.2, 0.25) is 0 Å². The number of likely N-dealkylation sites (tertiary alicyclic amines) is 1. The first-order valence-corrected chi connectivity index (χ1v) is 15.6. The minimum Gasteiger partial charge on any atom is -0.460 e. The molecule has 0 unspecified atom stereocenters. The normalized spacial score (nSPS) is 29.6. The smallest absolute Gasteiger partial charge is 0.312 e. The Morgan fingerprint density at radius 2 is 2.00 bits per heavy atom. The molecule has 7 atom stereocenters. The van der Waals surface area contributed by atoms with E-state index >= 15 is 0 Å². The maximum atomic E-state index is 14.4. The summed E-state index contributed by atoms with van der Waals surface area (Å²) >= 11 is 0. The van der Waals surface area contributed by atoms with Gasteiger partial charge in [-0.25, -0.2) is 0 Å². The number of ether oxygens (including phenoxy) is 3. The van der Waals surface area contributed by atoms with E-state index in [1.165, 1.54) is 4.90 Å². The number of morpholine rings is 1. The van der Waals surface area contributed by atoms with Crippen LogP contribution in [0.15, 0.2) is 25.3 Å². The predicted octanol–water partition coefficient (Wildman–Crippen LogP) is 0.493. The Hall–Kier alpha value is -2.80. The maximum absolute atomic E-state index is 14.4. The number of amides is 3. The molecule has 0 saturated carbocycles. The molecule has 0 aromatic rings. The largest absolute Gasteiger partial charge is 0.460 e. The molecule has 0 radical (unpaired) electrons. The van der Waals surface area contributed by atoms with Gasteiger partial charge in [-0.1, -0.05) is 19.1 Å². The number of aliphatic hydroxyl groups excluding tert-OH is 1. The molecule has 43 heavy (non-hydrogen) atoms. The van der Waals surface area contributed by atoms with Crippen molar-refractivity contribution in [3.8, 4) is 0 Å². The third-order valence-electron chi connectivity index (χ3n) is 9.25. The van der Waals surface area contributed by atoms with Crippen molar-refractivity contribution in [3.05, 3.63) is 25.3 Å². The van der Waals surface area contributed by atoms with Gasteiger partial charge in [0.25, 0.3) is 0 Å². The van der Waals surface area contributed by atoms with E-state index in [1.807, 2.05) is 6.92 Å². The van der Waals surface area contributed by atoms with Gasteiger partial charge in [0.15, 0.2) is 0 Å². The highest BCUT2D eigenvalue weighted by atomic mass is 16.6. The van der Waals surface area contributed by atoms with Gasteiger partial charge in [0.2, 0.25) is 17.7 Å². The zero-order valence-corrected chi connectivity index (χ0v) is 25.6. The van der Waals surface area contributed by atoms with Crippen molar-refractivity contribution in [1.82, 2.24) is 20.0 Å². The number of nitrogens with one attached hydrogen (secondary N) is 1. The molecule has 4 saturated heterocycles. The predicted molar refractivity (Wildman–Crippen MR) is 158 cm³/mol. The Kier molecular flexibility index (Phi) is 11.4. The number of hydrogen-bond acceptors (Lipinski definition) is 9. The fraction of sp³-hybridized carbons (Fsp3) is 0.742. The molecule has 4 heterocycles. The lowest BCUT2D eigenvalue weighted by Crippen LogP contribution is -2.59. The highest BCUT2D eigenvalue weighted by Crippen LogP contribution is 2.59. The Morgan fingerprint density at radius 3 is 2.65 bits per heavy atom. The summed E-state index contributed by atoms with van der Waals surface area (Å²) in [4.78, 5) is 59.6. The number of fused-ring (bicyclic) bond motifs is 1. The lowest BCUT2D eigenvalue weighted by Gasteiger charge is -2.39. The Labute approximate surface area is 254 Å². The molecular formula is C31H48N4O8. The van der Waals surface area contributed by atoms with Crippen LogP contribution in [-0.2, 0) is 33.4 Å². The molecule has 4 fully saturated rings. The molecule has 0 aromatic heterocycles. The van der Waals surface area contributed by atoms with Crippen LogP contribution in [0.25, 0.3) is 0 Å². The molecule has 2 bridgehead atoms. The highest BCUT2D eigenvalue weighted by Gasteiger charge is 2.75. The van der Waals surface area contributed by atoms with Crippen molar-refractivity contribution in [2.24, 2.45) is 11.8 Å². The molecule has 3 amide bonds. The zero-order chi connectivity index (χ0) is 31.1. The molecular weight excluding hydrogens is 556 g/mol. The third-order valence-corrected chi connectivity index (χ3v) is 9.25. The number of allylic oxidation sites excluding steroid dienone is 1. The topological polar surface area (TPSA) is 138 Å². The Bertz CT molecular complexity index is 1040. The molecule has 240 valence electrons. The summed E-state index contributed by atoms with van der Waals surface area (Å²) in [6, 6.07) is -1.58. The summed E-state index contributed by atoms with van der Waals surface area (Å²) < 4.78 is 17.7. The van der Waals surface area contributed by atoms with Crippen molar-refractivity contribution in [1.29, 1.82) is 0 Å². The van der Waals surface area contributed by atoms with E-state index in [0.29, 0.717) is 65.0 Å². The quantitative estimate of drug-likeness (QED) is 0.191. The average Bonchev–Trinajstić information content (AvgIpc) is 3.65. The number of hydrogen-bond donors (Lipinski definition) is 2. The second-order valence-corrected chi connectivity index (χ2v) is 12.0. The van der Waals surface area contributed by atoms with Crippen LogP contribution in [0.1, 0.15) is 46.0 Å². The van der Waals surface area contributed by atoms with Crippen LogP contribution in [0, 0.1) is 11.8 Å². The number of carbonyl (C=O) groups is 4. The minimum absolute atomic E-state index is 0.138. The molecule has 4 aliphatic heterocycles. The van der Waals surface area contributed by atoms with Crippen molar-refractivity contribution in [2.75, 3.05) is 59.1 Å². The van der Waals surface area contributed by atoms with Crippen molar-refractivity contribution >= 4 is 23.7 Å². The van der Waals surface area contributed by atoms with Crippen LogP contribution in [0.3, 0.4) is 0 Å². The summed E-state index contributed by atoms with van der Waals surface area (Å²) in [5.74, 6) is -3.13. The number of nitrogens with zero attached hydrogens (tertiary/aromatic N) is 3. The summed E-state index contributed by atoms with van der Waals surface area (Å²) in [6.07, 6.45) is 4.40. The number of rotatable bonds is 16. The summed E-state index contributed by atoms with van der Waals surface area (Å²) in [7, 11) is 0. The summed E-state index contributed by atoms with van der Waals surface area (Å²) in [5, 5.41) is 13.0. The van der Waals surface area contributed by atoms with E-state index < -0.39 is 47.7 Å². The van der Waals surface area contributed by atoms with Crippen molar-refractivity contribution in [2.45, 2.75) is 75.8 Å². The van der Waals surface area contributed by atoms with Gasteiger partial charge in [0, 0.05) is 39.1 Å². The molecule has 0 aromatic carbocycles. The van der Waals surface area contributed by atoms with Gasteiger partial charge in [-0.15, -0.1) is 13.2 Å². The van der Waals surface area contributed by atoms with E-state index in [0.717, 1.165) is 13.1 Å². The van der Waals surface area contributed by atoms with Crippen LogP contribution < -0.4 is 5.32 Å². The van der Waals surface area contributed by atoms with Crippen molar-refractivity contribution < 1.29 is 38.5 Å². The second kappa shape index (κ2) is 14.8. The van der Waals surface area contributed by atoms with E-state index in [4.69, 9.17) is 14.2 Å². The number of carbonyl (C=O) groups excluding carboxylic acids is 4. The van der Waals surface area contributed by atoms with E-state index in [2.05, 4.69) is 23.4 Å². The fourth-order valence-electron chi connectivity index (χ4n) is 7.05. The maximum Gasteiger partial charge on any atom is 0.312 e. The minimum atomic E-state index is -1.19. The van der Waals surface area contributed by atoms with Crippen molar-refractivity contribution in [3.63, 3.8) is 0 Å². The van der Waals surface area contributed by atoms with Crippen LogP contribution in [0.5, 0.6) is 0 Å². The van der Waals surface area contributed by atoms with Gasteiger partial charge in [-0.05, 0) is 32.6 Å². The first-order chi connectivity index (χ1) is 20.7. The summed E-state index contributed by atoms with van der Waals surface area (Å²) in [6.45, 7) is 15.1. The van der Waals surface area contributed by atoms with Gasteiger partial charge < -0.3 is 34.4 Å². The number of aliphatic hydroxyl groups is 1. The van der Waals surface area contributed by atoms with Crippen LogP contribution >= 0.6 is 0 Å². The van der Waals surface area contributed by atoms with Gasteiger partial charge >= 0.3 is 5.97 Å². The highest BCUT2D eigenvalue weighted by molar-refractivity contribution is 5.98. The Balaban J connectivity index is 1.55. The fourth-order valence-corrected chi connectivity index (χ4v) is 7.05. The molecule has 12 nitrogen and oxygen atoms in total. The SMILES string of the molecule is C=CCCC(=O)NC[C@@H](C)OC(=O)[C@@H]1[C@H]2C(=O)N([C@@H](CC)CO)[C@H](C(=O)N(CC=C)CCN3CCOCC3)[C@]23CC[C@H]1O3. The first-order valence-electron chi connectivity index (χ1n) is 15.6. The van der Waals surface area contributed by atoms with E-state index in [1.54, 1.807) is 24.0 Å². The van der Waals surface area contributed by atoms with Crippen LogP contribution in [0.4, 0.5) is 0 Å². The molecule has 4 aliphatic rings. The molecule has 0 aliphatic carbocycles. The van der Waals surface area contributed by atoms with Crippen LogP contribution in [-0.4, -0.2) is 132 Å². The molecule has 1 spiro atoms. The standard InChI is InChI=1S/C31H48N4O8/c1-5-8-9-24(37)32-19-21(4)42-30(40)25-23-10-11-31(43-23)26(25)28(38)35(22(7-3)20-36)27(31)29(39)34(12-6-2)14-13-33-15-17-41-18-16-33/h5-6,21-23,25-27,36H,1-2,7-20H2,3-4H3,(H,32,37)/t21-,22+,23-,25+,26+,27-,31+/m1/s1. The Morgan fingerprint density at radius 1 is 1.26 bits per heavy atom. The monoisotopic (exact) mass is 604 g/mol. The van der Waals surface area contributed by atoms with E-state index in [9.17, 15) is 24.3 Å².